The number of carbonyl (C=O) groups is 1. The molecule has 0 aliphatic heterocycles. The van der Waals surface area contributed by atoms with Gasteiger partial charge < -0.3 is 5.32 Å². The van der Waals surface area contributed by atoms with Crippen molar-refractivity contribution in [2.75, 3.05) is 6.54 Å². The molecular formula is C15H17F3N4O2S. The number of nitrogens with zero attached hydrogens (tertiary/aromatic N) is 2. The predicted molar refractivity (Wildman–Crippen MR) is 87.4 cm³/mol. The molecule has 1 heterocycles. The zero-order valence-corrected chi connectivity index (χ0v) is 14.2. The Bertz CT molecular complexity index is 758. The van der Waals surface area contributed by atoms with Crippen LogP contribution in [0.3, 0.4) is 0 Å². The Kier molecular flexibility index (Phi) is 6.29. The van der Waals surface area contributed by atoms with Gasteiger partial charge >= 0.3 is 11.9 Å². The van der Waals surface area contributed by atoms with Crippen LogP contribution in [0.4, 0.5) is 13.2 Å². The van der Waals surface area contributed by atoms with Crippen molar-refractivity contribution in [3.63, 3.8) is 0 Å². The van der Waals surface area contributed by atoms with Crippen molar-refractivity contribution in [2.45, 2.75) is 36.5 Å². The van der Waals surface area contributed by atoms with Crippen LogP contribution < -0.4 is 11.0 Å². The number of rotatable bonds is 7. The number of aromatic amines is 1. The minimum Gasteiger partial charge on any atom is -0.346 e. The summed E-state index contributed by atoms with van der Waals surface area (Å²) in [5.41, 5.74) is 0.601. The van der Waals surface area contributed by atoms with Crippen LogP contribution >= 0.6 is 11.8 Å². The van der Waals surface area contributed by atoms with E-state index in [9.17, 15) is 22.8 Å². The standard InChI is InChI=1S/C15H17F3N4O2S/c1-10(12(23)19-9-15(16,17)18)25-14-21-20-13(24)22(14)8-7-11-5-3-2-4-6-11/h2-6,10H,7-9H2,1H3,(H,19,23)(H,20,24)/t10-/m0/s1. The van der Waals surface area contributed by atoms with Crippen molar-refractivity contribution in [3.05, 3.63) is 46.4 Å². The summed E-state index contributed by atoms with van der Waals surface area (Å²) < 4.78 is 37.8. The molecule has 0 unspecified atom stereocenters. The van der Waals surface area contributed by atoms with Crippen molar-refractivity contribution in [2.24, 2.45) is 0 Å². The molecule has 10 heteroatoms. The molecule has 6 nitrogen and oxygen atoms in total. The van der Waals surface area contributed by atoms with E-state index < -0.39 is 29.6 Å². The Morgan fingerprint density at radius 2 is 2.04 bits per heavy atom. The van der Waals surface area contributed by atoms with Gasteiger partial charge in [-0.2, -0.15) is 13.2 Å². The minimum atomic E-state index is -4.47. The molecule has 0 saturated heterocycles. The number of thioether (sulfide) groups is 1. The lowest BCUT2D eigenvalue weighted by Gasteiger charge is -2.13. The van der Waals surface area contributed by atoms with Crippen molar-refractivity contribution in [1.82, 2.24) is 20.1 Å². The normalized spacial score (nSPS) is 12.8. The summed E-state index contributed by atoms with van der Waals surface area (Å²) in [5.74, 6) is -0.771. The van der Waals surface area contributed by atoms with Crippen molar-refractivity contribution in [1.29, 1.82) is 0 Å². The fourth-order valence-corrected chi connectivity index (χ4v) is 2.93. The van der Waals surface area contributed by atoms with Crippen molar-refractivity contribution < 1.29 is 18.0 Å². The molecule has 0 spiro atoms. The molecule has 136 valence electrons. The number of aryl methyl sites for hydroxylation is 1. The summed E-state index contributed by atoms with van der Waals surface area (Å²) in [7, 11) is 0. The number of amides is 1. The number of hydrogen-bond acceptors (Lipinski definition) is 4. The number of nitrogens with one attached hydrogen (secondary N) is 2. The highest BCUT2D eigenvalue weighted by atomic mass is 32.2. The van der Waals surface area contributed by atoms with Crippen LogP contribution in [-0.2, 0) is 17.8 Å². The maximum absolute atomic E-state index is 12.2. The molecule has 1 atom stereocenters. The van der Waals surface area contributed by atoms with Gasteiger partial charge in [0.15, 0.2) is 5.16 Å². The van der Waals surface area contributed by atoms with E-state index in [0.29, 0.717) is 13.0 Å². The molecule has 2 N–H and O–H groups in total. The van der Waals surface area contributed by atoms with Crippen molar-refractivity contribution in [3.8, 4) is 0 Å². The fraction of sp³-hybridized carbons (Fsp3) is 0.400. The number of carbonyl (C=O) groups excluding carboxylic acids is 1. The Labute approximate surface area is 145 Å². The van der Waals surface area contributed by atoms with E-state index >= 15 is 0 Å². The lowest BCUT2D eigenvalue weighted by atomic mass is 10.1. The van der Waals surface area contributed by atoms with Gasteiger partial charge in [0.1, 0.15) is 6.54 Å². The summed E-state index contributed by atoms with van der Waals surface area (Å²) in [6.07, 6.45) is -3.88. The third-order valence-corrected chi connectivity index (χ3v) is 4.39. The lowest BCUT2D eigenvalue weighted by Crippen LogP contribution is -2.38. The second-order valence-electron chi connectivity index (χ2n) is 5.29. The number of alkyl halides is 3. The highest BCUT2D eigenvalue weighted by Crippen LogP contribution is 2.21. The molecule has 1 aromatic carbocycles. The smallest absolute Gasteiger partial charge is 0.346 e. The Hall–Kier alpha value is -2.23. The largest absolute Gasteiger partial charge is 0.405 e. The maximum Gasteiger partial charge on any atom is 0.405 e. The van der Waals surface area contributed by atoms with Gasteiger partial charge in [0.2, 0.25) is 5.91 Å². The van der Waals surface area contributed by atoms with Gasteiger partial charge in [-0.15, -0.1) is 5.10 Å². The molecule has 0 fully saturated rings. The van der Waals surface area contributed by atoms with Crippen LogP contribution in [0.2, 0.25) is 0 Å². The van der Waals surface area contributed by atoms with Gasteiger partial charge in [0.25, 0.3) is 0 Å². The van der Waals surface area contributed by atoms with Crippen LogP contribution in [0.5, 0.6) is 0 Å². The monoisotopic (exact) mass is 374 g/mol. The van der Waals surface area contributed by atoms with E-state index in [4.69, 9.17) is 0 Å². The zero-order valence-electron chi connectivity index (χ0n) is 13.3. The quantitative estimate of drug-likeness (QED) is 0.727. The number of benzene rings is 1. The molecule has 2 aromatic rings. The van der Waals surface area contributed by atoms with Crippen molar-refractivity contribution >= 4 is 17.7 Å². The summed E-state index contributed by atoms with van der Waals surface area (Å²) in [6.45, 7) is 0.410. The first-order valence-electron chi connectivity index (χ1n) is 7.46. The van der Waals surface area contributed by atoms with Gasteiger partial charge in [-0.25, -0.2) is 9.89 Å². The zero-order chi connectivity index (χ0) is 18.4. The average Bonchev–Trinajstić information content (AvgIpc) is 2.90. The van der Waals surface area contributed by atoms with Crippen LogP contribution in [0.1, 0.15) is 12.5 Å². The van der Waals surface area contributed by atoms with E-state index in [0.717, 1.165) is 17.3 Å². The van der Waals surface area contributed by atoms with Gasteiger partial charge in [0.05, 0.1) is 5.25 Å². The van der Waals surface area contributed by atoms with Crippen LogP contribution in [0, 0.1) is 0 Å². The van der Waals surface area contributed by atoms with Gasteiger partial charge in [-0.05, 0) is 18.9 Å². The molecule has 0 radical (unpaired) electrons. The van der Waals surface area contributed by atoms with E-state index in [1.165, 1.54) is 11.5 Å². The molecular weight excluding hydrogens is 357 g/mol. The number of halogens is 3. The third kappa shape index (κ3) is 5.96. The number of aromatic nitrogens is 3. The lowest BCUT2D eigenvalue weighted by molar-refractivity contribution is -0.137. The van der Waals surface area contributed by atoms with Crippen LogP contribution in [0.15, 0.2) is 40.3 Å². The molecule has 2 rings (SSSR count). The topological polar surface area (TPSA) is 79.8 Å². The molecule has 0 bridgehead atoms. The van der Waals surface area contributed by atoms with Gasteiger partial charge in [-0.3, -0.25) is 9.36 Å². The Balaban J connectivity index is 1.98. The maximum atomic E-state index is 12.2. The molecule has 25 heavy (non-hydrogen) atoms. The van der Waals surface area contributed by atoms with E-state index in [-0.39, 0.29) is 5.16 Å². The molecule has 0 saturated carbocycles. The SMILES string of the molecule is C[C@H](Sc1n[nH]c(=O)n1CCc1ccccc1)C(=O)NCC(F)(F)F. The van der Waals surface area contributed by atoms with E-state index in [1.54, 1.807) is 0 Å². The summed E-state index contributed by atoms with van der Waals surface area (Å²) >= 11 is 0.926. The van der Waals surface area contributed by atoms with E-state index in [1.807, 2.05) is 35.6 Å². The van der Waals surface area contributed by atoms with Crippen LogP contribution in [-0.4, -0.2) is 38.6 Å². The number of hydrogen-bond donors (Lipinski definition) is 2. The number of H-pyrrole nitrogens is 1. The second-order valence-corrected chi connectivity index (χ2v) is 6.60. The molecule has 0 aliphatic rings. The summed E-state index contributed by atoms with van der Waals surface area (Å²) in [5, 5.41) is 7.39. The summed E-state index contributed by atoms with van der Waals surface area (Å²) in [4.78, 5) is 23.6. The predicted octanol–water partition coefficient (Wildman–Crippen LogP) is 1.97. The molecule has 1 aromatic heterocycles. The Morgan fingerprint density at radius 3 is 2.68 bits per heavy atom. The van der Waals surface area contributed by atoms with Gasteiger partial charge in [-0.1, -0.05) is 42.1 Å². The first kappa shape index (κ1) is 19.1. The first-order chi connectivity index (χ1) is 11.8. The third-order valence-electron chi connectivity index (χ3n) is 3.30. The first-order valence-corrected chi connectivity index (χ1v) is 8.34. The van der Waals surface area contributed by atoms with E-state index in [2.05, 4.69) is 10.2 Å². The summed E-state index contributed by atoms with van der Waals surface area (Å²) in [6, 6.07) is 9.50. The minimum absolute atomic E-state index is 0.260. The Morgan fingerprint density at radius 1 is 1.36 bits per heavy atom. The average molecular weight is 374 g/mol. The highest BCUT2D eigenvalue weighted by molar-refractivity contribution is 8.00. The van der Waals surface area contributed by atoms with Gasteiger partial charge in [0, 0.05) is 6.54 Å². The van der Waals surface area contributed by atoms with Crippen LogP contribution in [0.25, 0.3) is 0 Å². The molecule has 1 amide bonds. The fourth-order valence-electron chi connectivity index (χ4n) is 2.02. The highest BCUT2D eigenvalue weighted by Gasteiger charge is 2.29. The molecule has 0 aliphatic carbocycles. The second kappa shape index (κ2) is 8.24.